The van der Waals surface area contributed by atoms with Gasteiger partial charge < -0.3 is 14.6 Å². The summed E-state index contributed by atoms with van der Waals surface area (Å²) in [4.78, 5) is 22.7. The number of hydrogen-bond acceptors (Lipinski definition) is 5. The smallest absolute Gasteiger partial charge is 0.255 e. The SMILES string of the molecule is O=C(NC1CCN(c2ncccn2)CC1)c1ccoc1Br. The largest absolute Gasteiger partial charge is 0.457 e. The number of hydrogen-bond donors (Lipinski definition) is 1. The number of nitrogens with one attached hydrogen (secondary N) is 1. The van der Waals surface area contributed by atoms with Crippen LogP contribution in [0.5, 0.6) is 0 Å². The number of halogens is 1. The molecule has 3 rings (SSSR count). The Balaban J connectivity index is 1.55. The molecule has 0 unspecified atom stereocenters. The van der Waals surface area contributed by atoms with Crippen molar-refractivity contribution in [3.8, 4) is 0 Å². The highest BCUT2D eigenvalue weighted by atomic mass is 79.9. The molecule has 21 heavy (non-hydrogen) atoms. The first kappa shape index (κ1) is 14.1. The van der Waals surface area contributed by atoms with E-state index in [1.807, 2.05) is 0 Å². The number of amides is 1. The fourth-order valence-electron chi connectivity index (χ4n) is 2.40. The summed E-state index contributed by atoms with van der Waals surface area (Å²) in [5, 5.41) is 3.04. The monoisotopic (exact) mass is 350 g/mol. The Kier molecular flexibility index (Phi) is 4.19. The minimum Gasteiger partial charge on any atom is -0.457 e. The molecule has 2 aromatic rings. The van der Waals surface area contributed by atoms with Gasteiger partial charge in [-0.2, -0.15) is 0 Å². The Labute approximate surface area is 130 Å². The lowest BCUT2D eigenvalue weighted by Gasteiger charge is -2.32. The predicted octanol–water partition coefficient (Wildman–Crippen LogP) is 2.23. The Bertz CT molecular complexity index is 608. The van der Waals surface area contributed by atoms with Crippen LogP contribution in [0, 0.1) is 0 Å². The number of anilines is 1. The van der Waals surface area contributed by atoms with Crippen LogP contribution in [0.2, 0.25) is 0 Å². The number of aromatic nitrogens is 2. The van der Waals surface area contributed by atoms with Crippen LogP contribution in [-0.2, 0) is 0 Å². The molecular weight excluding hydrogens is 336 g/mol. The van der Waals surface area contributed by atoms with E-state index in [1.54, 1.807) is 24.5 Å². The van der Waals surface area contributed by atoms with E-state index >= 15 is 0 Å². The Morgan fingerprint density at radius 2 is 2.05 bits per heavy atom. The van der Waals surface area contributed by atoms with Gasteiger partial charge in [-0.15, -0.1) is 0 Å². The van der Waals surface area contributed by atoms with Gasteiger partial charge in [0.2, 0.25) is 5.95 Å². The molecule has 7 heteroatoms. The van der Waals surface area contributed by atoms with Gasteiger partial charge in [0.1, 0.15) is 0 Å². The average molecular weight is 351 g/mol. The van der Waals surface area contributed by atoms with Crippen molar-refractivity contribution in [3.05, 3.63) is 41.0 Å². The van der Waals surface area contributed by atoms with Gasteiger partial charge in [0, 0.05) is 31.5 Å². The molecule has 0 bridgehead atoms. The molecule has 1 saturated heterocycles. The highest BCUT2D eigenvalue weighted by Gasteiger charge is 2.23. The zero-order valence-corrected chi connectivity index (χ0v) is 12.9. The van der Waals surface area contributed by atoms with E-state index in [9.17, 15) is 4.79 Å². The van der Waals surface area contributed by atoms with Crippen molar-refractivity contribution in [1.29, 1.82) is 0 Å². The van der Waals surface area contributed by atoms with Crippen molar-refractivity contribution in [2.75, 3.05) is 18.0 Å². The topological polar surface area (TPSA) is 71.3 Å². The van der Waals surface area contributed by atoms with Crippen molar-refractivity contribution in [2.45, 2.75) is 18.9 Å². The molecule has 0 radical (unpaired) electrons. The molecule has 110 valence electrons. The van der Waals surface area contributed by atoms with Crippen LogP contribution in [0.1, 0.15) is 23.2 Å². The van der Waals surface area contributed by atoms with Gasteiger partial charge in [-0.1, -0.05) is 0 Å². The highest BCUT2D eigenvalue weighted by Crippen LogP contribution is 2.19. The molecule has 0 spiro atoms. The standard InChI is InChI=1S/C14H15BrN4O2/c15-12-11(4-9-21-12)13(20)18-10-2-7-19(8-3-10)14-16-5-1-6-17-14/h1,4-6,9-10H,2-3,7-8H2,(H,18,20). The number of nitrogens with zero attached hydrogens (tertiary/aromatic N) is 3. The molecule has 0 aliphatic carbocycles. The molecule has 1 N–H and O–H groups in total. The average Bonchev–Trinajstić information content (AvgIpc) is 2.95. The summed E-state index contributed by atoms with van der Waals surface area (Å²) in [5.41, 5.74) is 0.531. The van der Waals surface area contributed by atoms with Crippen molar-refractivity contribution in [1.82, 2.24) is 15.3 Å². The Hall–Kier alpha value is -1.89. The van der Waals surface area contributed by atoms with Crippen LogP contribution >= 0.6 is 15.9 Å². The summed E-state index contributed by atoms with van der Waals surface area (Å²) in [7, 11) is 0. The lowest BCUT2D eigenvalue weighted by molar-refractivity contribution is 0.0929. The summed E-state index contributed by atoms with van der Waals surface area (Å²) in [5.74, 6) is 0.643. The predicted molar refractivity (Wildman–Crippen MR) is 81.1 cm³/mol. The highest BCUT2D eigenvalue weighted by molar-refractivity contribution is 9.10. The zero-order valence-electron chi connectivity index (χ0n) is 11.3. The van der Waals surface area contributed by atoms with E-state index in [1.165, 1.54) is 6.26 Å². The van der Waals surface area contributed by atoms with Crippen molar-refractivity contribution in [3.63, 3.8) is 0 Å². The minimum absolute atomic E-state index is 0.106. The van der Waals surface area contributed by atoms with Crippen LogP contribution in [0.3, 0.4) is 0 Å². The van der Waals surface area contributed by atoms with Crippen LogP contribution in [0.25, 0.3) is 0 Å². The second-order valence-corrected chi connectivity index (χ2v) is 5.61. The molecule has 1 amide bonds. The Morgan fingerprint density at radius 1 is 1.33 bits per heavy atom. The second-order valence-electron chi connectivity index (χ2n) is 4.89. The molecular formula is C14H15BrN4O2. The van der Waals surface area contributed by atoms with E-state index in [4.69, 9.17) is 4.42 Å². The van der Waals surface area contributed by atoms with Gasteiger partial charge in [0.05, 0.1) is 11.8 Å². The number of carbonyl (C=O) groups is 1. The first-order valence-electron chi connectivity index (χ1n) is 6.80. The first-order valence-corrected chi connectivity index (χ1v) is 7.59. The van der Waals surface area contributed by atoms with E-state index in [-0.39, 0.29) is 11.9 Å². The van der Waals surface area contributed by atoms with Crippen molar-refractivity contribution >= 4 is 27.8 Å². The molecule has 6 nitrogen and oxygen atoms in total. The minimum atomic E-state index is -0.106. The van der Waals surface area contributed by atoms with Crippen molar-refractivity contribution < 1.29 is 9.21 Å². The molecule has 1 fully saturated rings. The lowest BCUT2D eigenvalue weighted by atomic mass is 10.0. The van der Waals surface area contributed by atoms with E-state index in [0.717, 1.165) is 31.9 Å². The molecule has 1 aliphatic rings. The molecule has 0 saturated carbocycles. The molecule has 0 aromatic carbocycles. The molecule has 2 aromatic heterocycles. The maximum atomic E-state index is 12.1. The fraction of sp³-hybridized carbons (Fsp3) is 0.357. The third-order valence-electron chi connectivity index (χ3n) is 3.53. The first-order chi connectivity index (χ1) is 10.2. The number of piperidine rings is 1. The summed E-state index contributed by atoms with van der Waals surface area (Å²) in [6, 6.07) is 3.63. The Morgan fingerprint density at radius 3 is 2.67 bits per heavy atom. The summed E-state index contributed by atoms with van der Waals surface area (Å²) in [6.07, 6.45) is 6.73. The van der Waals surface area contributed by atoms with Gasteiger partial charge in [0.25, 0.3) is 5.91 Å². The van der Waals surface area contributed by atoms with Crippen LogP contribution in [0.15, 0.2) is 39.9 Å². The summed E-state index contributed by atoms with van der Waals surface area (Å²) in [6.45, 7) is 1.67. The van der Waals surface area contributed by atoms with Gasteiger partial charge in [-0.25, -0.2) is 9.97 Å². The number of carbonyl (C=O) groups excluding carboxylic acids is 1. The van der Waals surface area contributed by atoms with Gasteiger partial charge in [0.15, 0.2) is 4.67 Å². The number of rotatable bonds is 3. The van der Waals surface area contributed by atoms with Crippen LogP contribution < -0.4 is 10.2 Å². The summed E-state index contributed by atoms with van der Waals surface area (Å²) < 4.78 is 5.55. The van der Waals surface area contributed by atoms with Gasteiger partial charge in [-0.05, 0) is 40.9 Å². The van der Waals surface area contributed by atoms with Crippen LogP contribution in [0.4, 0.5) is 5.95 Å². The third-order valence-corrected chi connectivity index (χ3v) is 4.14. The fourth-order valence-corrected chi connectivity index (χ4v) is 2.82. The molecule has 1 aliphatic heterocycles. The maximum absolute atomic E-state index is 12.1. The third kappa shape index (κ3) is 3.24. The maximum Gasteiger partial charge on any atom is 0.255 e. The summed E-state index contributed by atoms with van der Waals surface area (Å²) >= 11 is 3.22. The lowest BCUT2D eigenvalue weighted by Crippen LogP contribution is -2.45. The normalized spacial score (nSPS) is 16.0. The van der Waals surface area contributed by atoms with E-state index in [2.05, 4.69) is 36.1 Å². The van der Waals surface area contributed by atoms with Gasteiger partial charge >= 0.3 is 0 Å². The molecule has 3 heterocycles. The van der Waals surface area contributed by atoms with E-state index in [0.29, 0.717) is 10.2 Å². The second kappa shape index (κ2) is 6.26. The van der Waals surface area contributed by atoms with E-state index < -0.39 is 0 Å². The van der Waals surface area contributed by atoms with Gasteiger partial charge in [-0.3, -0.25) is 4.79 Å². The van der Waals surface area contributed by atoms with Crippen LogP contribution in [-0.4, -0.2) is 35.0 Å². The van der Waals surface area contributed by atoms with Crippen molar-refractivity contribution in [2.24, 2.45) is 0 Å². The quantitative estimate of drug-likeness (QED) is 0.918. The zero-order chi connectivity index (χ0) is 14.7. The molecule has 0 atom stereocenters. The number of furan rings is 1.